The van der Waals surface area contributed by atoms with Crippen molar-refractivity contribution in [1.29, 1.82) is 0 Å². The molecule has 0 aromatic carbocycles. The summed E-state index contributed by atoms with van der Waals surface area (Å²) in [6.07, 6.45) is 5.79. The zero-order valence-corrected chi connectivity index (χ0v) is 12.9. The van der Waals surface area contributed by atoms with Gasteiger partial charge in [0.1, 0.15) is 0 Å². The summed E-state index contributed by atoms with van der Waals surface area (Å²) < 4.78 is 5.35. The lowest BCUT2D eigenvalue weighted by Gasteiger charge is -2.39. The van der Waals surface area contributed by atoms with Gasteiger partial charge < -0.3 is 15.2 Å². The molecule has 4 nitrogen and oxygen atoms in total. The zero-order valence-electron chi connectivity index (χ0n) is 12.9. The SMILES string of the molecule is CC(C(=O)NCC1(C)CCCCC1O)C1CCOCC1. The van der Waals surface area contributed by atoms with E-state index in [4.69, 9.17) is 4.74 Å². The number of hydrogen-bond acceptors (Lipinski definition) is 3. The highest BCUT2D eigenvalue weighted by atomic mass is 16.5. The van der Waals surface area contributed by atoms with Crippen LogP contribution in [0.4, 0.5) is 0 Å². The molecule has 2 fully saturated rings. The zero-order chi connectivity index (χ0) is 14.6. The number of rotatable bonds is 4. The number of nitrogens with one attached hydrogen (secondary N) is 1. The maximum atomic E-state index is 12.3. The molecule has 1 aliphatic carbocycles. The molecule has 0 radical (unpaired) electrons. The summed E-state index contributed by atoms with van der Waals surface area (Å²) >= 11 is 0. The third kappa shape index (κ3) is 3.73. The first kappa shape index (κ1) is 15.8. The van der Waals surface area contributed by atoms with Gasteiger partial charge in [0.2, 0.25) is 5.91 Å². The van der Waals surface area contributed by atoms with Crippen LogP contribution < -0.4 is 5.32 Å². The van der Waals surface area contributed by atoms with Crippen LogP contribution in [0.3, 0.4) is 0 Å². The van der Waals surface area contributed by atoms with Crippen LogP contribution in [-0.2, 0) is 9.53 Å². The van der Waals surface area contributed by atoms with E-state index in [0.29, 0.717) is 12.5 Å². The average molecular weight is 283 g/mol. The first-order valence-corrected chi connectivity index (χ1v) is 8.06. The van der Waals surface area contributed by atoms with Crippen molar-refractivity contribution in [3.8, 4) is 0 Å². The largest absolute Gasteiger partial charge is 0.392 e. The third-order valence-electron chi connectivity index (χ3n) is 5.33. The topological polar surface area (TPSA) is 58.6 Å². The smallest absolute Gasteiger partial charge is 0.223 e. The molecule has 1 aliphatic heterocycles. The fourth-order valence-corrected chi connectivity index (χ4v) is 3.47. The molecule has 3 atom stereocenters. The van der Waals surface area contributed by atoms with Gasteiger partial charge in [-0.05, 0) is 31.6 Å². The lowest BCUT2D eigenvalue weighted by Crippen LogP contribution is -2.47. The Bertz CT molecular complexity index is 328. The van der Waals surface area contributed by atoms with Gasteiger partial charge in [-0.1, -0.05) is 26.7 Å². The molecule has 1 saturated carbocycles. The van der Waals surface area contributed by atoms with Crippen molar-refractivity contribution in [2.24, 2.45) is 17.3 Å². The molecule has 0 aromatic rings. The van der Waals surface area contributed by atoms with Gasteiger partial charge in [-0.25, -0.2) is 0 Å². The van der Waals surface area contributed by atoms with Gasteiger partial charge in [-0.3, -0.25) is 4.79 Å². The van der Waals surface area contributed by atoms with Crippen LogP contribution in [0.2, 0.25) is 0 Å². The molecule has 0 bridgehead atoms. The molecule has 2 aliphatic rings. The van der Waals surface area contributed by atoms with Gasteiger partial charge in [0.25, 0.3) is 0 Å². The van der Waals surface area contributed by atoms with Crippen LogP contribution in [0, 0.1) is 17.3 Å². The second-order valence-corrected chi connectivity index (χ2v) is 6.87. The summed E-state index contributed by atoms with van der Waals surface area (Å²) in [5.41, 5.74) is -0.149. The molecule has 4 heteroatoms. The first-order chi connectivity index (χ1) is 9.53. The van der Waals surface area contributed by atoms with E-state index in [1.807, 2.05) is 6.92 Å². The lowest BCUT2D eigenvalue weighted by atomic mass is 9.73. The van der Waals surface area contributed by atoms with E-state index in [1.165, 1.54) is 0 Å². The van der Waals surface area contributed by atoms with Gasteiger partial charge in [0.15, 0.2) is 0 Å². The van der Waals surface area contributed by atoms with Crippen LogP contribution >= 0.6 is 0 Å². The maximum Gasteiger partial charge on any atom is 0.223 e. The van der Waals surface area contributed by atoms with Crippen LogP contribution in [0.5, 0.6) is 0 Å². The fourth-order valence-electron chi connectivity index (χ4n) is 3.47. The molecule has 0 spiro atoms. The Morgan fingerprint density at radius 2 is 2.05 bits per heavy atom. The van der Waals surface area contributed by atoms with E-state index < -0.39 is 0 Å². The quantitative estimate of drug-likeness (QED) is 0.831. The Morgan fingerprint density at radius 1 is 1.35 bits per heavy atom. The second-order valence-electron chi connectivity index (χ2n) is 6.87. The maximum absolute atomic E-state index is 12.3. The van der Waals surface area contributed by atoms with Gasteiger partial charge in [-0.2, -0.15) is 0 Å². The minimum atomic E-state index is -0.282. The standard InChI is InChI=1S/C16H29NO3/c1-12(13-6-9-20-10-7-13)15(19)17-11-16(2)8-4-3-5-14(16)18/h12-14,18H,3-11H2,1-2H3,(H,17,19). The molecule has 2 N–H and O–H groups in total. The molecule has 20 heavy (non-hydrogen) atoms. The number of aliphatic hydroxyl groups is 1. The summed E-state index contributed by atoms with van der Waals surface area (Å²) in [7, 11) is 0. The number of aliphatic hydroxyl groups excluding tert-OH is 1. The molecule has 1 amide bonds. The van der Waals surface area contributed by atoms with Crippen LogP contribution in [0.15, 0.2) is 0 Å². The van der Waals surface area contributed by atoms with E-state index in [1.54, 1.807) is 0 Å². The first-order valence-electron chi connectivity index (χ1n) is 8.06. The van der Waals surface area contributed by atoms with E-state index in [2.05, 4.69) is 12.2 Å². The summed E-state index contributed by atoms with van der Waals surface area (Å²) in [4.78, 5) is 12.3. The number of carbonyl (C=O) groups excluding carboxylic acids is 1. The predicted octanol–water partition coefficient (Wildman–Crippen LogP) is 2.11. The predicted molar refractivity (Wildman–Crippen MR) is 78.3 cm³/mol. The van der Waals surface area contributed by atoms with Crippen molar-refractivity contribution >= 4 is 5.91 Å². The molecule has 2 rings (SSSR count). The van der Waals surface area contributed by atoms with Gasteiger partial charge in [-0.15, -0.1) is 0 Å². The van der Waals surface area contributed by atoms with Crippen molar-refractivity contribution in [2.45, 2.75) is 58.5 Å². The Labute approximate surface area is 122 Å². The van der Waals surface area contributed by atoms with Crippen molar-refractivity contribution in [1.82, 2.24) is 5.32 Å². The van der Waals surface area contributed by atoms with Crippen LogP contribution in [0.1, 0.15) is 52.4 Å². The molecule has 1 saturated heterocycles. The van der Waals surface area contributed by atoms with Crippen molar-refractivity contribution in [3.63, 3.8) is 0 Å². The van der Waals surface area contributed by atoms with Gasteiger partial charge in [0, 0.05) is 31.1 Å². The molecule has 0 aromatic heterocycles. The van der Waals surface area contributed by atoms with Crippen LogP contribution in [0.25, 0.3) is 0 Å². The Balaban J connectivity index is 1.81. The molecule has 116 valence electrons. The number of amides is 1. The van der Waals surface area contributed by atoms with Crippen LogP contribution in [-0.4, -0.2) is 36.9 Å². The third-order valence-corrected chi connectivity index (χ3v) is 5.33. The minimum absolute atomic E-state index is 0.0447. The number of ether oxygens (including phenoxy) is 1. The van der Waals surface area contributed by atoms with Crippen molar-refractivity contribution in [3.05, 3.63) is 0 Å². The number of hydrogen-bond donors (Lipinski definition) is 2. The monoisotopic (exact) mass is 283 g/mol. The Morgan fingerprint density at radius 3 is 2.70 bits per heavy atom. The highest BCUT2D eigenvalue weighted by molar-refractivity contribution is 5.78. The van der Waals surface area contributed by atoms with Gasteiger partial charge in [0.05, 0.1) is 6.10 Å². The summed E-state index contributed by atoms with van der Waals surface area (Å²) in [5, 5.41) is 13.2. The van der Waals surface area contributed by atoms with E-state index in [9.17, 15) is 9.90 Å². The summed E-state index contributed by atoms with van der Waals surface area (Å²) in [5.74, 6) is 0.618. The normalized spacial score (nSPS) is 33.6. The highest BCUT2D eigenvalue weighted by Gasteiger charge is 2.36. The summed E-state index contributed by atoms with van der Waals surface area (Å²) in [6.45, 7) is 6.26. The second kappa shape index (κ2) is 6.90. The van der Waals surface area contributed by atoms with Crippen molar-refractivity contribution in [2.75, 3.05) is 19.8 Å². The average Bonchev–Trinajstić information content (AvgIpc) is 2.48. The number of carbonyl (C=O) groups is 1. The van der Waals surface area contributed by atoms with E-state index in [0.717, 1.165) is 51.7 Å². The van der Waals surface area contributed by atoms with Crippen molar-refractivity contribution < 1.29 is 14.6 Å². The Hall–Kier alpha value is -0.610. The van der Waals surface area contributed by atoms with E-state index >= 15 is 0 Å². The molecule has 3 unspecified atom stereocenters. The molecular formula is C16H29NO3. The minimum Gasteiger partial charge on any atom is -0.392 e. The fraction of sp³-hybridized carbons (Fsp3) is 0.938. The Kier molecular flexibility index (Phi) is 5.44. The summed E-state index contributed by atoms with van der Waals surface area (Å²) in [6, 6.07) is 0. The van der Waals surface area contributed by atoms with Gasteiger partial charge >= 0.3 is 0 Å². The molecular weight excluding hydrogens is 254 g/mol. The highest BCUT2D eigenvalue weighted by Crippen LogP contribution is 2.35. The lowest BCUT2D eigenvalue weighted by molar-refractivity contribution is -0.128. The van der Waals surface area contributed by atoms with E-state index in [-0.39, 0.29) is 23.3 Å². The molecule has 1 heterocycles.